The quantitative estimate of drug-likeness (QED) is 0.756. The van der Waals surface area contributed by atoms with Crippen LogP contribution < -0.4 is 10.9 Å². The molecule has 3 aromatic rings. The summed E-state index contributed by atoms with van der Waals surface area (Å²) in [5.41, 5.74) is 1.89. The second-order valence-electron chi connectivity index (χ2n) is 5.88. The summed E-state index contributed by atoms with van der Waals surface area (Å²) in [5.74, 6) is 0.812. The summed E-state index contributed by atoms with van der Waals surface area (Å²) in [5, 5.41) is 4.11. The second-order valence-corrected chi connectivity index (χ2v) is 5.88. The van der Waals surface area contributed by atoms with Crippen molar-refractivity contribution in [2.45, 2.75) is 32.9 Å². The van der Waals surface area contributed by atoms with E-state index in [1.165, 1.54) is 0 Å². The Balaban J connectivity index is 2.19. The van der Waals surface area contributed by atoms with Crippen molar-refractivity contribution >= 4 is 10.9 Å². The Morgan fingerprint density at radius 2 is 1.75 bits per heavy atom. The van der Waals surface area contributed by atoms with E-state index in [0.717, 1.165) is 29.9 Å². The van der Waals surface area contributed by atoms with Crippen molar-refractivity contribution in [2.24, 2.45) is 0 Å². The second kappa shape index (κ2) is 7.41. The molecule has 0 aliphatic rings. The summed E-state index contributed by atoms with van der Waals surface area (Å²) in [7, 11) is 0. The minimum Gasteiger partial charge on any atom is -0.308 e. The van der Waals surface area contributed by atoms with Crippen LogP contribution in [0.3, 0.4) is 0 Å². The molecular formula is C20H23N3O. The highest BCUT2D eigenvalue weighted by molar-refractivity contribution is 5.77. The third-order valence-electron chi connectivity index (χ3n) is 4.25. The molecule has 1 N–H and O–H groups in total. The molecule has 1 heterocycles. The lowest BCUT2D eigenvalue weighted by atomic mass is 10.1. The van der Waals surface area contributed by atoms with E-state index in [2.05, 4.69) is 19.2 Å². The zero-order valence-electron chi connectivity index (χ0n) is 14.2. The number of nitrogens with one attached hydrogen (secondary N) is 1. The number of hydrogen-bond acceptors (Lipinski definition) is 3. The van der Waals surface area contributed by atoms with Crippen LogP contribution in [0.2, 0.25) is 0 Å². The first-order valence-electron chi connectivity index (χ1n) is 8.51. The zero-order chi connectivity index (χ0) is 16.9. The molecule has 1 aromatic heterocycles. The van der Waals surface area contributed by atoms with Crippen LogP contribution in [0.15, 0.2) is 59.4 Å². The summed E-state index contributed by atoms with van der Waals surface area (Å²) in [4.78, 5) is 17.9. The number of rotatable bonds is 6. The molecule has 0 amide bonds. The van der Waals surface area contributed by atoms with Crippen LogP contribution >= 0.6 is 0 Å². The smallest absolute Gasteiger partial charge is 0.261 e. The van der Waals surface area contributed by atoms with Crippen LogP contribution in [0, 0.1) is 0 Å². The van der Waals surface area contributed by atoms with Crippen molar-refractivity contribution in [3.8, 4) is 0 Å². The van der Waals surface area contributed by atoms with Gasteiger partial charge in [0.1, 0.15) is 5.82 Å². The third kappa shape index (κ3) is 3.24. The molecule has 1 atom stereocenters. The molecule has 124 valence electrons. The molecule has 4 heteroatoms. The lowest BCUT2D eigenvalue weighted by molar-refractivity contribution is 0.479. The summed E-state index contributed by atoms with van der Waals surface area (Å²) in [6.45, 7) is 5.56. The van der Waals surface area contributed by atoms with Gasteiger partial charge in [-0.1, -0.05) is 56.3 Å². The molecule has 0 saturated carbocycles. The lowest BCUT2D eigenvalue weighted by Gasteiger charge is -2.21. The fourth-order valence-corrected chi connectivity index (χ4v) is 3.03. The number of fused-ring (bicyclic) bond motifs is 1. The summed E-state index contributed by atoms with van der Waals surface area (Å²) >= 11 is 0. The maximum atomic E-state index is 13.1. The first-order valence-corrected chi connectivity index (χ1v) is 8.51. The number of aromatic nitrogens is 2. The van der Waals surface area contributed by atoms with Crippen molar-refractivity contribution in [3.63, 3.8) is 0 Å². The van der Waals surface area contributed by atoms with Gasteiger partial charge < -0.3 is 5.32 Å². The monoisotopic (exact) mass is 321 g/mol. The molecule has 0 fully saturated rings. The average molecular weight is 321 g/mol. The van der Waals surface area contributed by atoms with Crippen molar-refractivity contribution in [2.75, 3.05) is 6.54 Å². The first kappa shape index (κ1) is 16.4. The molecule has 0 aliphatic carbocycles. The van der Waals surface area contributed by atoms with E-state index in [9.17, 15) is 4.79 Å². The SMILES string of the molecule is CCNC(CC)c1nc2ccccc2c(=O)n1Cc1ccccc1. The van der Waals surface area contributed by atoms with Crippen molar-refractivity contribution in [1.82, 2.24) is 14.9 Å². The maximum Gasteiger partial charge on any atom is 0.261 e. The lowest BCUT2D eigenvalue weighted by Crippen LogP contribution is -2.32. The van der Waals surface area contributed by atoms with Gasteiger partial charge in [-0.05, 0) is 30.7 Å². The molecule has 0 radical (unpaired) electrons. The molecule has 1 unspecified atom stereocenters. The predicted octanol–water partition coefficient (Wildman–Crippen LogP) is 3.51. The van der Waals surface area contributed by atoms with E-state index in [1.54, 1.807) is 0 Å². The van der Waals surface area contributed by atoms with Crippen molar-refractivity contribution in [1.29, 1.82) is 0 Å². The summed E-state index contributed by atoms with van der Waals surface area (Å²) in [6.07, 6.45) is 0.882. The van der Waals surface area contributed by atoms with Crippen LogP contribution in [-0.4, -0.2) is 16.1 Å². The van der Waals surface area contributed by atoms with Gasteiger partial charge in [0, 0.05) is 0 Å². The summed E-state index contributed by atoms with van der Waals surface area (Å²) < 4.78 is 1.81. The Kier molecular flexibility index (Phi) is 5.06. The van der Waals surface area contributed by atoms with Gasteiger partial charge in [0.2, 0.25) is 0 Å². The van der Waals surface area contributed by atoms with E-state index in [0.29, 0.717) is 11.9 Å². The normalized spacial score (nSPS) is 12.4. The van der Waals surface area contributed by atoms with Crippen LogP contribution in [0.5, 0.6) is 0 Å². The minimum atomic E-state index is 0.0239. The fourth-order valence-electron chi connectivity index (χ4n) is 3.03. The van der Waals surface area contributed by atoms with Gasteiger partial charge in [0.05, 0.1) is 23.5 Å². The Labute approximate surface area is 142 Å². The zero-order valence-corrected chi connectivity index (χ0v) is 14.2. The molecule has 0 aliphatic heterocycles. The highest BCUT2D eigenvalue weighted by Gasteiger charge is 2.18. The summed E-state index contributed by atoms with van der Waals surface area (Å²) in [6, 6.07) is 17.7. The molecule has 2 aromatic carbocycles. The van der Waals surface area contributed by atoms with Crippen molar-refractivity contribution < 1.29 is 0 Å². The van der Waals surface area contributed by atoms with Gasteiger partial charge in [0.25, 0.3) is 5.56 Å². The molecule has 3 rings (SSSR count). The average Bonchev–Trinajstić information content (AvgIpc) is 2.63. The van der Waals surface area contributed by atoms with Crippen LogP contribution in [0.1, 0.15) is 37.7 Å². The first-order chi connectivity index (χ1) is 11.7. The highest BCUT2D eigenvalue weighted by atomic mass is 16.1. The highest BCUT2D eigenvalue weighted by Crippen LogP contribution is 2.18. The topological polar surface area (TPSA) is 46.9 Å². The van der Waals surface area contributed by atoms with Gasteiger partial charge in [0.15, 0.2) is 0 Å². The van der Waals surface area contributed by atoms with E-state index >= 15 is 0 Å². The fraction of sp³-hybridized carbons (Fsp3) is 0.300. The molecule has 24 heavy (non-hydrogen) atoms. The van der Waals surface area contributed by atoms with Gasteiger partial charge in [-0.15, -0.1) is 0 Å². The van der Waals surface area contributed by atoms with E-state index < -0.39 is 0 Å². The van der Waals surface area contributed by atoms with E-state index in [1.807, 2.05) is 59.2 Å². The largest absolute Gasteiger partial charge is 0.308 e. The van der Waals surface area contributed by atoms with E-state index in [4.69, 9.17) is 4.98 Å². The van der Waals surface area contributed by atoms with Gasteiger partial charge in [-0.2, -0.15) is 0 Å². The Hall–Kier alpha value is -2.46. The standard InChI is InChI=1S/C20H23N3O/c1-3-17(21-4-2)19-22-18-13-9-8-12-16(18)20(24)23(19)14-15-10-6-5-7-11-15/h5-13,17,21H,3-4,14H2,1-2H3. The number of benzene rings is 2. The van der Waals surface area contributed by atoms with Crippen molar-refractivity contribution in [3.05, 3.63) is 76.3 Å². The van der Waals surface area contributed by atoms with Gasteiger partial charge in [-0.25, -0.2) is 4.98 Å². The molecule has 0 saturated heterocycles. The van der Waals surface area contributed by atoms with E-state index in [-0.39, 0.29) is 11.6 Å². The molecular weight excluding hydrogens is 298 g/mol. The maximum absolute atomic E-state index is 13.1. The molecule has 0 spiro atoms. The molecule has 0 bridgehead atoms. The Bertz CT molecular complexity index is 871. The predicted molar refractivity (Wildman–Crippen MR) is 98.3 cm³/mol. The minimum absolute atomic E-state index is 0.0239. The molecule has 4 nitrogen and oxygen atoms in total. The number of nitrogens with zero attached hydrogens (tertiary/aromatic N) is 2. The van der Waals surface area contributed by atoms with Crippen LogP contribution in [0.25, 0.3) is 10.9 Å². The van der Waals surface area contributed by atoms with Gasteiger partial charge >= 0.3 is 0 Å². The number of hydrogen-bond donors (Lipinski definition) is 1. The van der Waals surface area contributed by atoms with Gasteiger partial charge in [-0.3, -0.25) is 9.36 Å². The van der Waals surface area contributed by atoms with Crippen LogP contribution in [-0.2, 0) is 6.54 Å². The van der Waals surface area contributed by atoms with Crippen LogP contribution in [0.4, 0.5) is 0 Å². The number of para-hydroxylation sites is 1. The third-order valence-corrected chi connectivity index (χ3v) is 4.25. The Morgan fingerprint density at radius 1 is 1.04 bits per heavy atom. The Morgan fingerprint density at radius 3 is 2.46 bits per heavy atom.